The van der Waals surface area contributed by atoms with Crippen LogP contribution in [0.1, 0.15) is 12.6 Å². The van der Waals surface area contributed by atoms with Crippen molar-refractivity contribution in [2.45, 2.75) is 13.3 Å². The lowest BCUT2D eigenvalue weighted by atomic mass is 10.1. The molecule has 1 heterocycles. The van der Waals surface area contributed by atoms with Crippen LogP contribution in [0.2, 0.25) is 5.15 Å². The molecule has 0 aliphatic rings. The number of pyridine rings is 1. The molecule has 0 aliphatic carbocycles. The fourth-order valence-corrected chi connectivity index (χ4v) is 1.09. The van der Waals surface area contributed by atoms with E-state index in [2.05, 4.69) is 11.9 Å². The molecule has 63 valence electrons. The maximum atomic E-state index is 5.73. The predicted molar refractivity (Wildman–Crippen MR) is 52.1 cm³/mol. The molecule has 1 nitrogen and oxygen atoms in total. The maximum absolute atomic E-state index is 5.73. The molecule has 0 aliphatic heterocycles. The number of halogens is 1. The first-order chi connectivity index (χ1) is 5.72. The molecule has 0 amide bonds. The third-order valence-corrected chi connectivity index (χ3v) is 1.79. The number of hydrogen-bond acceptors (Lipinski definition) is 1. The van der Waals surface area contributed by atoms with Gasteiger partial charge >= 0.3 is 0 Å². The summed E-state index contributed by atoms with van der Waals surface area (Å²) in [5.74, 6) is 0. The minimum atomic E-state index is 0.546. The minimum Gasteiger partial charge on any atom is -0.241 e. The number of allylic oxidation sites excluding steroid dienone is 2. The van der Waals surface area contributed by atoms with E-state index in [9.17, 15) is 0 Å². The van der Waals surface area contributed by atoms with Gasteiger partial charge in [0, 0.05) is 12.1 Å². The third kappa shape index (κ3) is 2.67. The molecule has 0 bridgehead atoms. The van der Waals surface area contributed by atoms with Crippen LogP contribution in [0.4, 0.5) is 0 Å². The molecule has 0 saturated heterocycles. The molecule has 0 atom stereocenters. The number of aromatic nitrogens is 1. The average Bonchev–Trinajstić information content (AvgIpc) is 2.04. The van der Waals surface area contributed by atoms with Gasteiger partial charge in [-0.2, -0.15) is 0 Å². The largest absolute Gasteiger partial charge is 0.241 e. The molecule has 0 N–H and O–H groups in total. The first-order valence-electron chi connectivity index (χ1n) is 3.78. The van der Waals surface area contributed by atoms with E-state index in [-0.39, 0.29) is 0 Å². The van der Waals surface area contributed by atoms with Gasteiger partial charge in [0.05, 0.1) is 0 Å². The van der Waals surface area contributed by atoms with Gasteiger partial charge in [-0.3, -0.25) is 0 Å². The Hall–Kier alpha value is -0.820. The summed E-state index contributed by atoms with van der Waals surface area (Å²) in [7, 11) is 0. The molecule has 0 aromatic carbocycles. The predicted octanol–water partition coefficient (Wildman–Crippen LogP) is 3.06. The standard InChI is InChI=1S/C10H11ClN/c1-3-8(2)7-9-5-4-6-10(11)12-9/h3-6H,1,7H2,2H3. The van der Waals surface area contributed by atoms with E-state index in [1.165, 1.54) is 5.57 Å². The summed E-state index contributed by atoms with van der Waals surface area (Å²) in [5.41, 5.74) is 2.18. The van der Waals surface area contributed by atoms with Crippen LogP contribution < -0.4 is 0 Å². The molecule has 12 heavy (non-hydrogen) atoms. The number of rotatable bonds is 2. The summed E-state index contributed by atoms with van der Waals surface area (Å²) in [6, 6.07) is 5.63. The van der Waals surface area contributed by atoms with E-state index in [0.717, 1.165) is 12.1 Å². The lowest BCUT2D eigenvalue weighted by molar-refractivity contribution is 1.05. The van der Waals surface area contributed by atoms with Gasteiger partial charge in [-0.05, 0) is 26.0 Å². The van der Waals surface area contributed by atoms with Crippen LogP contribution in [0.5, 0.6) is 0 Å². The van der Waals surface area contributed by atoms with Gasteiger partial charge in [0.2, 0.25) is 0 Å². The Morgan fingerprint density at radius 2 is 2.42 bits per heavy atom. The van der Waals surface area contributed by atoms with E-state index in [1.807, 2.05) is 25.1 Å². The van der Waals surface area contributed by atoms with Crippen LogP contribution in [0, 0.1) is 6.92 Å². The van der Waals surface area contributed by atoms with Crippen molar-refractivity contribution in [1.82, 2.24) is 4.98 Å². The van der Waals surface area contributed by atoms with Gasteiger partial charge in [-0.15, -0.1) is 0 Å². The Kier molecular flexibility index (Phi) is 3.30. The summed E-state index contributed by atoms with van der Waals surface area (Å²) in [4.78, 5) is 4.16. The fourth-order valence-electron chi connectivity index (χ4n) is 0.907. The van der Waals surface area contributed by atoms with Crippen molar-refractivity contribution in [3.8, 4) is 0 Å². The second kappa shape index (κ2) is 4.27. The van der Waals surface area contributed by atoms with Gasteiger partial charge in [-0.1, -0.05) is 29.3 Å². The fraction of sp³-hybridized carbons (Fsp3) is 0.200. The van der Waals surface area contributed by atoms with Gasteiger partial charge in [0.1, 0.15) is 5.15 Å². The molecule has 1 rings (SSSR count). The van der Waals surface area contributed by atoms with Crippen LogP contribution >= 0.6 is 11.6 Å². The molecule has 1 aromatic heterocycles. The van der Waals surface area contributed by atoms with Crippen molar-refractivity contribution >= 4 is 11.6 Å². The van der Waals surface area contributed by atoms with E-state index in [0.29, 0.717) is 5.15 Å². The van der Waals surface area contributed by atoms with Crippen molar-refractivity contribution in [2.24, 2.45) is 0 Å². The molecule has 1 radical (unpaired) electrons. The highest BCUT2D eigenvalue weighted by Gasteiger charge is 1.95. The molecule has 0 spiro atoms. The Morgan fingerprint density at radius 3 is 3.00 bits per heavy atom. The number of hydrogen-bond donors (Lipinski definition) is 0. The molecular formula is C10H11ClN. The number of nitrogens with zero attached hydrogens (tertiary/aromatic N) is 1. The van der Waals surface area contributed by atoms with Gasteiger partial charge < -0.3 is 0 Å². The van der Waals surface area contributed by atoms with Crippen molar-refractivity contribution in [3.63, 3.8) is 0 Å². The van der Waals surface area contributed by atoms with Gasteiger partial charge in [-0.25, -0.2) is 4.98 Å². The zero-order chi connectivity index (χ0) is 8.97. The summed E-state index contributed by atoms with van der Waals surface area (Å²) in [5, 5.41) is 0.546. The van der Waals surface area contributed by atoms with Gasteiger partial charge in [0.15, 0.2) is 0 Å². The Morgan fingerprint density at radius 1 is 1.67 bits per heavy atom. The van der Waals surface area contributed by atoms with Gasteiger partial charge in [0.25, 0.3) is 0 Å². The lowest BCUT2D eigenvalue weighted by Crippen LogP contribution is -1.90. The Bertz CT molecular complexity index is 292. The topological polar surface area (TPSA) is 12.9 Å². The summed E-state index contributed by atoms with van der Waals surface area (Å²) in [6.07, 6.45) is 2.66. The summed E-state index contributed by atoms with van der Waals surface area (Å²) in [6.45, 7) is 5.70. The Balaban J connectivity index is 2.76. The van der Waals surface area contributed by atoms with E-state index >= 15 is 0 Å². The Labute approximate surface area is 78.1 Å². The average molecular weight is 181 g/mol. The van der Waals surface area contributed by atoms with Crippen molar-refractivity contribution < 1.29 is 0 Å². The van der Waals surface area contributed by atoms with Crippen molar-refractivity contribution in [3.05, 3.63) is 47.6 Å². The monoisotopic (exact) mass is 180 g/mol. The first kappa shape index (κ1) is 9.27. The minimum absolute atomic E-state index is 0.546. The van der Waals surface area contributed by atoms with E-state index < -0.39 is 0 Å². The third-order valence-electron chi connectivity index (χ3n) is 1.58. The second-order valence-electron chi connectivity index (χ2n) is 2.68. The summed E-state index contributed by atoms with van der Waals surface area (Å²) < 4.78 is 0. The highest BCUT2D eigenvalue weighted by atomic mass is 35.5. The van der Waals surface area contributed by atoms with Crippen molar-refractivity contribution in [2.75, 3.05) is 0 Å². The van der Waals surface area contributed by atoms with Crippen LogP contribution in [0.3, 0.4) is 0 Å². The van der Waals surface area contributed by atoms with Crippen molar-refractivity contribution in [1.29, 1.82) is 0 Å². The van der Waals surface area contributed by atoms with Crippen LogP contribution in [0.25, 0.3) is 0 Å². The molecule has 0 fully saturated rings. The molecule has 0 saturated carbocycles. The zero-order valence-electron chi connectivity index (χ0n) is 7.05. The van der Waals surface area contributed by atoms with E-state index in [4.69, 9.17) is 11.6 Å². The quantitative estimate of drug-likeness (QED) is 0.638. The lowest BCUT2D eigenvalue weighted by Gasteiger charge is -1.99. The molecular weight excluding hydrogens is 170 g/mol. The smallest absolute Gasteiger partial charge is 0.129 e. The highest BCUT2D eigenvalue weighted by Crippen LogP contribution is 2.08. The molecule has 1 aromatic rings. The zero-order valence-corrected chi connectivity index (χ0v) is 7.80. The second-order valence-corrected chi connectivity index (χ2v) is 3.07. The van der Waals surface area contributed by atoms with Crippen LogP contribution in [0.15, 0.2) is 29.8 Å². The SMILES string of the molecule is [CH2]C=C(C)Cc1cccc(Cl)n1. The summed E-state index contributed by atoms with van der Waals surface area (Å²) >= 11 is 5.73. The maximum Gasteiger partial charge on any atom is 0.129 e. The molecule has 0 unspecified atom stereocenters. The molecule has 2 heteroatoms. The highest BCUT2D eigenvalue weighted by molar-refractivity contribution is 6.29. The first-order valence-corrected chi connectivity index (χ1v) is 4.16. The van der Waals surface area contributed by atoms with Crippen LogP contribution in [-0.2, 0) is 6.42 Å². The van der Waals surface area contributed by atoms with Crippen LogP contribution in [-0.4, -0.2) is 4.98 Å². The van der Waals surface area contributed by atoms with E-state index in [1.54, 1.807) is 6.07 Å². The normalized spacial score (nSPS) is 11.8.